The van der Waals surface area contributed by atoms with Crippen molar-refractivity contribution >= 4 is 0 Å². The number of likely N-dealkylation sites (tertiary alicyclic amines) is 1. The van der Waals surface area contributed by atoms with Crippen molar-refractivity contribution < 1.29 is 14.2 Å². The second kappa shape index (κ2) is 5.63. The summed E-state index contributed by atoms with van der Waals surface area (Å²) in [7, 11) is 0. The number of nitrogens with zero attached hydrogens (tertiary/aromatic N) is 1. The van der Waals surface area contributed by atoms with E-state index in [2.05, 4.69) is 11.0 Å². The summed E-state index contributed by atoms with van der Waals surface area (Å²) in [6.45, 7) is 4.43. The van der Waals surface area contributed by atoms with E-state index < -0.39 is 0 Å². The fourth-order valence-corrected chi connectivity index (χ4v) is 3.75. The van der Waals surface area contributed by atoms with Gasteiger partial charge in [-0.1, -0.05) is 0 Å². The van der Waals surface area contributed by atoms with E-state index >= 15 is 0 Å². The second-order valence-electron chi connectivity index (χ2n) is 6.58. The van der Waals surface area contributed by atoms with Crippen LogP contribution in [-0.2, 0) is 6.42 Å². The molecule has 2 N–H and O–H groups in total. The van der Waals surface area contributed by atoms with Crippen LogP contribution in [0.4, 0.5) is 0 Å². The Morgan fingerprint density at radius 2 is 1.82 bits per heavy atom. The molecule has 1 spiro atoms. The average Bonchev–Trinajstić information content (AvgIpc) is 2.99. The molecule has 5 nitrogen and oxygen atoms in total. The molecule has 0 bridgehead atoms. The predicted octanol–water partition coefficient (Wildman–Crippen LogP) is 1.92. The molecule has 0 unspecified atom stereocenters. The van der Waals surface area contributed by atoms with E-state index in [0.29, 0.717) is 6.79 Å². The molecule has 0 radical (unpaired) electrons. The normalized spacial score (nSPS) is 22.4. The first-order chi connectivity index (χ1) is 10.8. The molecule has 5 heteroatoms. The molecule has 120 valence electrons. The number of piperidine rings is 1. The molecule has 0 atom stereocenters. The van der Waals surface area contributed by atoms with Crippen LogP contribution in [0.25, 0.3) is 0 Å². The van der Waals surface area contributed by atoms with Crippen molar-refractivity contribution in [2.75, 3.05) is 33.0 Å². The monoisotopic (exact) mass is 304 g/mol. The molecule has 0 amide bonds. The predicted molar refractivity (Wildman–Crippen MR) is 83.6 cm³/mol. The van der Waals surface area contributed by atoms with Gasteiger partial charge in [-0.2, -0.15) is 0 Å². The molecule has 1 fully saturated rings. The SMILES string of the molecule is NCCCN1CCC2(CCc3cc4c(cc3O2)OCO4)CC1. The van der Waals surface area contributed by atoms with Gasteiger partial charge in [-0.25, -0.2) is 0 Å². The number of nitrogens with two attached hydrogens (primary N) is 1. The Balaban J connectivity index is 1.46. The van der Waals surface area contributed by atoms with Crippen LogP contribution in [0, 0.1) is 0 Å². The van der Waals surface area contributed by atoms with Gasteiger partial charge in [0.2, 0.25) is 6.79 Å². The van der Waals surface area contributed by atoms with Crippen LogP contribution in [0.1, 0.15) is 31.2 Å². The summed E-state index contributed by atoms with van der Waals surface area (Å²) < 4.78 is 17.4. The Labute approximate surface area is 131 Å². The van der Waals surface area contributed by atoms with E-state index in [9.17, 15) is 0 Å². The zero-order valence-electron chi connectivity index (χ0n) is 13.0. The zero-order valence-corrected chi connectivity index (χ0v) is 13.0. The maximum atomic E-state index is 6.45. The highest BCUT2D eigenvalue weighted by molar-refractivity contribution is 5.52. The van der Waals surface area contributed by atoms with Crippen LogP contribution in [0.5, 0.6) is 17.2 Å². The smallest absolute Gasteiger partial charge is 0.231 e. The standard InChI is InChI=1S/C17H24N2O3/c18-6-1-7-19-8-4-17(5-9-19)3-2-13-10-15-16(21-12-20-15)11-14(13)22-17/h10-11H,1-9,12,18H2. The molecule has 1 saturated heterocycles. The van der Waals surface area contributed by atoms with Gasteiger partial charge in [0.25, 0.3) is 0 Å². The van der Waals surface area contributed by atoms with Gasteiger partial charge < -0.3 is 24.8 Å². The number of hydrogen-bond donors (Lipinski definition) is 1. The molecular formula is C17H24N2O3. The van der Waals surface area contributed by atoms with Crippen LogP contribution in [0.15, 0.2) is 12.1 Å². The van der Waals surface area contributed by atoms with Crippen molar-refractivity contribution in [3.8, 4) is 17.2 Å². The average molecular weight is 304 g/mol. The molecule has 22 heavy (non-hydrogen) atoms. The van der Waals surface area contributed by atoms with E-state index in [1.165, 1.54) is 5.56 Å². The highest BCUT2D eigenvalue weighted by Crippen LogP contribution is 2.45. The largest absolute Gasteiger partial charge is 0.487 e. The van der Waals surface area contributed by atoms with Gasteiger partial charge in [0.1, 0.15) is 11.4 Å². The summed E-state index contributed by atoms with van der Waals surface area (Å²) in [5, 5.41) is 0. The Bertz CT molecular complexity index is 553. The molecule has 4 rings (SSSR count). The fraction of sp³-hybridized carbons (Fsp3) is 0.647. The molecule has 1 aromatic rings. The summed E-state index contributed by atoms with van der Waals surface area (Å²) in [6.07, 6.45) is 5.45. The minimum absolute atomic E-state index is 0.0138. The Hall–Kier alpha value is -1.46. The molecule has 3 aliphatic rings. The van der Waals surface area contributed by atoms with Gasteiger partial charge in [-0.05, 0) is 56.8 Å². The first kappa shape index (κ1) is 14.2. The topological polar surface area (TPSA) is 57.0 Å². The summed E-state index contributed by atoms with van der Waals surface area (Å²) in [4.78, 5) is 2.51. The fourth-order valence-electron chi connectivity index (χ4n) is 3.75. The zero-order chi connectivity index (χ0) is 15.0. The van der Waals surface area contributed by atoms with Gasteiger partial charge in [-0.3, -0.25) is 0 Å². The number of benzene rings is 1. The number of fused-ring (bicyclic) bond motifs is 2. The lowest BCUT2D eigenvalue weighted by atomic mass is 9.83. The van der Waals surface area contributed by atoms with E-state index in [4.69, 9.17) is 19.9 Å². The van der Waals surface area contributed by atoms with E-state index in [1.807, 2.05) is 6.07 Å². The van der Waals surface area contributed by atoms with Gasteiger partial charge >= 0.3 is 0 Å². The van der Waals surface area contributed by atoms with Crippen molar-refractivity contribution in [2.24, 2.45) is 5.73 Å². The van der Waals surface area contributed by atoms with Crippen LogP contribution < -0.4 is 19.9 Å². The third-order valence-corrected chi connectivity index (χ3v) is 5.18. The molecule has 3 aliphatic heterocycles. The lowest BCUT2D eigenvalue weighted by Crippen LogP contribution is -2.50. The minimum Gasteiger partial charge on any atom is -0.487 e. The summed E-state index contributed by atoms with van der Waals surface area (Å²) in [5.41, 5.74) is 6.87. The van der Waals surface area contributed by atoms with Crippen LogP contribution in [-0.4, -0.2) is 43.5 Å². The first-order valence-corrected chi connectivity index (χ1v) is 8.32. The minimum atomic E-state index is 0.0138. The third-order valence-electron chi connectivity index (χ3n) is 5.18. The maximum Gasteiger partial charge on any atom is 0.231 e. The lowest BCUT2D eigenvalue weighted by molar-refractivity contribution is -0.0145. The van der Waals surface area contributed by atoms with Crippen LogP contribution in [0.2, 0.25) is 0 Å². The molecule has 0 aromatic heterocycles. The number of ether oxygens (including phenoxy) is 3. The van der Waals surface area contributed by atoms with Gasteiger partial charge in [0, 0.05) is 19.2 Å². The van der Waals surface area contributed by atoms with Gasteiger partial charge in [-0.15, -0.1) is 0 Å². The molecule has 0 aliphatic carbocycles. The van der Waals surface area contributed by atoms with E-state index in [1.54, 1.807) is 0 Å². The Morgan fingerprint density at radius 1 is 1.05 bits per heavy atom. The van der Waals surface area contributed by atoms with Gasteiger partial charge in [0.15, 0.2) is 11.5 Å². The van der Waals surface area contributed by atoms with Crippen molar-refractivity contribution in [3.05, 3.63) is 17.7 Å². The summed E-state index contributed by atoms with van der Waals surface area (Å²) in [6, 6.07) is 4.10. The van der Waals surface area contributed by atoms with Crippen molar-refractivity contribution in [1.29, 1.82) is 0 Å². The quantitative estimate of drug-likeness (QED) is 0.924. The lowest BCUT2D eigenvalue weighted by Gasteiger charge is -2.44. The number of aryl methyl sites for hydroxylation is 1. The highest BCUT2D eigenvalue weighted by Gasteiger charge is 2.40. The van der Waals surface area contributed by atoms with E-state index in [0.717, 1.165) is 75.5 Å². The first-order valence-electron chi connectivity index (χ1n) is 8.32. The second-order valence-corrected chi connectivity index (χ2v) is 6.58. The Morgan fingerprint density at radius 3 is 2.59 bits per heavy atom. The Kier molecular flexibility index (Phi) is 3.62. The summed E-state index contributed by atoms with van der Waals surface area (Å²) >= 11 is 0. The molecule has 1 aromatic carbocycles. The van der Waals surface area contributed by atoms with Crippen LogP contribution in [0.3, 0.4) is 0 Å². The van der Waals surface area contributed by atoms with Crippen molar-refractivity contribution in [1.82, 2.24) is 4.90 Å². The third kappa shape index (κ3) is 2.52. The maximum absolute atomic E-state index is 6.45. The van der Waals surface area contributed by atoms with Crippen LogP contribution >= 0.6 is 0 Å². The molecule has 0 saturated carbocycles. The highest BCUT2D eigenvalue weighted by atomic mass is 16.7. The van der Waals surface area contributed by atoms with Crippen molar-refractivity contribution in [3.63, 3.8) is 0 Å². The molecular weight excluding hydrogens is 280 g/mol. The summed E-state index contributed by atoms with van der Waals surface area (Å²) in [5.74, 6) is 2.66. The van der Waals surface area contributed by atoms with Crippen molar-refractivity contribution in [2.45, 2.75) is 37.7 Å². The van der Waals surface area contributed by atoms with Gasteiger partial charge in [0.05, 0.1) is 0 Å². The number of hydrogen-bond acceptors (Lipinski definition) is 5. The van der Waals surface area contributed by atoms with E-state index in [-0.39, 0.29) is 5.60 Å². The molecule has 3 heterocycles. The number of rotatable bonds is 3.